The molecule has 0 fully saturated rings. The maximum atomic E-state index is 4.58. The first-order valence-electron chi connectivity index (χ1n) is 7.55. The summed E-state index contributed by atoms with van der Waals surface area (Å²) < 4.78 is 2.08. The van der Waals surface area contributed by atoms with E-state index in [0.29, 0.717) is 0 Å². The zero-order chi connectivity index (χ0) is 16.0. The number of nitrogens with zero attached hydrogens (tertiary/aromatic N) is 4. The van der Waals surface area contributed by atoms with Crippen LogP contribution in [0.1, 0.15) is 11.5 Å². The quantitative estimate of drug-likeness (QED) is 0.610. The lowest BCUT2D eigenvalue weighted by molar-refractivity contribution is 0.886. The van der Waals surface area contributed by atoms with Gasteiger partial charge in [0, 0.05) is 23.5 Å². The Hall–Kier alpha value is -2.95. The maximum absolute atomic E-state index is 4.58. The molecule has 4 aromatic rings. The standard InChI is InChI=1S/C18H17N5/c1-11-14-6-4-5-7-15(14)18(22-21-11)20-13-8-9-17-16(10-13)19-12(2)23(17)3/h4-10H,1-3H3,(H,20,22). The van der Waals surface area contributed by atoms with E-state index in [9.17, 15) is 0 Å². The number of benzene rings is 2. The lowest BCUT2D eigenvalue weighted by Crippen LogP contribution is -1.99. The van der Waals surface area contributed by atoms with Gasteiger partial charge >= 0.3 is 0 Å². The van der Waals surface area contributed by atoms with E-state index < -0.39 is 0 Å². The highest BCUT2D eigenvalue weighted by Gasteiger charge is 2.08. The number of aryl methyl sites for hydroxylation is 3. The van der Waals surface area contributed by atoms with Crippen molar-refractivity contribution in [3.8, 4) is 0 Å². The summed E-state index contributed by atoms with van der Waals surface area (Å²) in [4.78, 5) is 4.58. The van der Waals surface area contributed by atoms with Crippen LogP contribution in [0, 0.1) is 13.8 Å². The molecule has 1 N–H and O–H groups in total. The Morgan fingerprint density at radius 2 is 1.74 bits per heavy atom. The van der Waals surface area contributed by atoms with Crippen LogP contribution in [0.4, 0.5) is 11.5 Å². The van der Waals surface area contributed by atoms with Crippen molar-refractivity contribution in [2.75, 3.05) is 5.32 Å². The Bertz CT molecular complexity index is 1030. The number of aromatic nitrogens is 4. The lowest BCUT2D eigenvalue weighted by Gasteiger charge is -2.09. The molecule has 0 aliphatic carbocycles. The highest BCUT2D eigenvalue weighted by molar-refractivity contribution is 5.94. The molecule has 114 valence electrons. The molecule has 2 aromatic heterocycles. The first-order valence-corrected chi connectivity index (χ1v) is 7.55. The van der Waals surface area contributed by atoms with E-state index in [1.165, 1.54) is 0 Å². The Morgan fingerprint density at radius 1 is 0.957 bits per heavy atom. The van der Waals surface area contributed by atoms with Gasteiger partial charge in [-0.3, -0.25) is 0 Å². The second-order valence-electron chi connectivity index (χ2n) is 5.73. The maximum Gasteiger partial charge on any atom is 0.160 e. The van der Waals surface area contributed by atoms with E-state index in [0.717, 1.165) is 44.8 Å². The Labute approximate surface area is 134 Å². The smallest absolute Gasteiger partial charge is 0.160 e. The minimum atomic E-state index is 0.762. The third kappa shape index (κ3) is 2.21. The van der Waals surface area contributed by atoms with E-state index in [1.807, 2.05) is 45.2 Å². The predicted octanol–water partition coefficient (Wildman–Crippen LogP) is 3.88. The zero-order valence-corrected chi connectivity index (χ0v) is 13.3. The van der Waals surface area contributed by atoms with Crippen molar-refractivity contribution < 1.29 is 0 Å². The minimum Gasteiger partial charge on any atom is -0.338 e. The van der Waals surface area contributed by atoms with Crippen LogP contribution >= 0.6 is 0 Å². The van der Waals surface area contributed by atoms with Gasteiger partial charge in [-0.25, -0.2) is 4.98 Å². The number of anilines is 2. The SMILES string of the molecule is Cc1nnc(Nc2ccc3c(c2)nc(C)n3C)c2ccccc12. The number of hydrogen-bond donors (Lipinski definition) is 1. The summed E-state index contributed by atoms with van der Waals surface area (Å²) in [5, 5.41) is 14.1. The van der Waals surface area contributed by atoms with E-state index in [2.05, 4.69) is 43.3 Å². The largest absolute Gasteiger partial charge is 0.338 e. The van der Waals surface area contributed by atoms with Gasteiger partial charge in [-0.1, -0.05) is 24.3 Å². The van der Waals surface area contributed by atoms with Crippen molar-refractivity contribution in [1.82, 2.24) is 19.7 Å². The van der Waals surface area contributed by atoms with E-state index in [4.69, 9.17) is 0 Å². The summed E-state index contributed by atoms with van der Waals surface area (Å²) >= 11 is 0. The molecule has 5 heteroatoms. The molecular weight excluding hydrogens is 286 g/mol. The van der Waals surface area contributed by atoms with Crippen LogP contribution in [-0.4, -0.2) is 19.7 Å². The van der Waals surface area contributed by atoms with Gasteiger partial charge in [-0.15, -0.1) is 5.10 Å². The summed E-state index contributed by atoms with van der Waals surface area (Å²) in [6.07, 6.45) is 0. The van der Waals surface area contributed by atoms with Gasteiger partial charge in [-0.05, 0) is 32.0 Å². The summed E-state index contributed by atoms with van der Waals surface area (Å²) in [5.41, 5.74) is 3.98. The summed E-state index contributed by atoms with van der Waals surface area (Å²) in [6, 6.07) is 14.3. The molecule has 4 rings (SSSR count). The Kier molecular flexibility index (Phi) is 3.01. The molecule has 5 nitrogen and oxygen atoms in total. The highest BCUT2D eigenvalue weighted by atomic mass is 15.2. The molecule has 0 unspecified atom stereocenters. The van der Waals surface area contributed by atoms with Gasteiger partial charge in [0.05, 0.1) is 16.7 Å². The van der Waals surface area contributed by atoms with Crippen molar-refractivity contribution in [3.05, 3.63) is 54.0 Å². The molecule has 0 atom stereocenters. The average molecular weight is 303 g/mol. The second-order valence-corrected chi connectivity index (χ2v) is 5.73. The fourth-order valence-corrected chi connectivity index (χ4v) is 2.86. The van der Waals surface area contributed by atoms with Gasteiger partial charge in [0.15, 0.2) is 5.82 Å². The lowest BCUT2D eigenvalue weighted by atomic mass is 10.1. The minimum absolute atomic E-state index is 0.762. The zero-order valence-electron chi connectivity index (χ0n) is 13.3. The van der Waals surface area contributed by atoms with Gasteiger partial charge in [0.2, 0.25) is 0 Å². The molecule has 0 aliphatic rings. The van der Waals surface area contributed by atoms with Crippen LogP contribution < -0.4 is 5.32 Å². The fraction of sp³-hybridized carbons (Fsp3) is 0.167. The molecule has 23 heavy (non-hydrogen) atoms. The fourth-order valence-electron chi connectivity index (χ4n) is 2.86. The number of imidazole rings is 1. The molecule has 0 radical (unpaired) electrons. The highest BCUT2D eigenvalue weighted by Crippen LogP contribution is 2.27. The summed E-state index contributed by atoms with van der Waals surface area (Å²) in [6.45, 7) is 3.98. The van der Waals surface area contributed by atoms with Crippen molar-refractivity contribution in [3.63, 3.8) is 0 Å². The van der Waals surface area contributed by atoms with Crippen LogP contribution in [0.25, 0.3) is 21.8 Å². The molecule has 2 aromatic carbocycles. The molecule has 0 amide bonds. The van der Waals surface area contributed by atoms with Crippen molar-refractivity contribution >= 4 is 33.3 Å². The van der Waals surface area contributed by atoms with Crippen molar-refractivity contribution in [2.45, 2.75) is 13.8 Å². The molecule has 0 spiro atoms. The molecule has 0 bridgehead atoms. The number of hydrogen-bond acceptors (Lipinski definition) is 4. The van der Waals surface area contributed by atoms with Crippen LogP contribution in [0.2, 0.25) is 0 Å². The summed E-state index contributed by atoms with van der Waals surface area (Å²) in [5.74, 6) is 1.76. The second kappa shape index (κ2) is 5.05. The molecule has 0 saturated carbocycles. The number of nitrogens with one attached hydrogen (secondary N) is 1. The van der Waals surface area contributed by atoms with Gasteiger partial charge in [0.25, 0.3) is 0 Å². The van der Waals surface area contributed by atoms with Crippen molar-refractivity contribution in [2.24, 2.45) is 7.05 Å². The monoisotopic (exact) mass is 303 g/mol. The number of rotatable bonds is 2. The van der Waals surface area contributed by atoms with Crippen molar-refractivity contribution in [1.29, 1.82) is 0 Å². The topological polar surface area (TPSA) is 55.6 Å². The predicted molar refractivity (Wildman–Crippen MR) is 93.0 cm³/mol. The van der Waals surface area contributed by atoms with Gasteiger partial charge in [-0.2, -0.15) is 5.10 Å². The normalized spacial score (nSPS) is 11.3. The van der Waals surface area contributed by atoms with E-state index >= 15 is 0 Å². The van der Waals surface area contributed by atoms with Crippen LogP contribution in [0.5, 0.6) is 0 Å². The van der Waals surface area contributed by atoms with Crippen LogP contribution in [0.3, 0.4) is 0 Å². The first kappa shape index (κ1) is 13.7. The third-order valence-electron chi connectivity index (χ3n) is 4.24. The molecule has 2 heterocycles. The van der Waals surface area contributed by atoms with E-state index in [-0.39, 0.29) is 0 Å². The third-order valence-corrected chi connectivity index (χ3v) is 4.24. The first-order chi connectivity index (χ1) is 11.1. The number of fused-ring (bicyclic) bond motifs is 2. The van der Waals surface area contributed by atoms with Gasteiger partial charge in [0.1, 0.15) is 5.82 Å². The summed E-state index contributed by atoms with van der Waals surface area (Å²) in [7, 11) is 2.02. The van der Waals surface area contributed by atoms with Gasteiger partial charge < -0.3 is 9.88 Å². The Morgan fingerprint density at radius 3 is 2.57 bits per heavy atom. The Balaban J connectivity index is 1.80. The van der Waals surface area contributed by atoms with Crippen LogP contribution in [-0.2, 0) is 7.05 Å². The van der Waals surface area contributed by atoms with E-state index in [1.54, 1.807) is 0 Å². The molecule has 0 aliphatic heterocycles. The molecule has 0 saturated heterocycles. The molecular formula is C18H17N5. The van der Waals surface area contributed by atoms with Crippen LogP contribution in [0.15, 0.2) is 42.5 Å². The average Bonchev–Trinajstić information content (AvgIpc) is 2.85.